The van der Waals surface area contributed by atoms with Crippen molar-refractivity contribution >= 4 is 27.5 Å². The molecule has 0 aliphatic carbocycles. The third kappa shape index (κ3) is 3.43. The summed E-state index contributed by atoms with van der Waals surface area (Å²) in [7, 11) is 1.67. The summed E-state index contributed by atoms with van der Waals surface area (Å²) in [5, 5.41) is 4.15. The van der Waals surface area contributed by atoms with E-state index in [1.54, 1.807) is 24.1 Å². The first-order valence-electron chi connectivity index (χ1n) is 8.25. The number of carbonyl (C=O) groups is 1. The van der Waals surface area contributed by atoms with Gasteiger partial charge >= 0.3 is 0 Å². The molecule has 0 spiro atoms. The Kier molecular flexibility index (Phi) is 5.15. The van der Waals surface area contributed by atoms with Crippen LogP contribution in [-0.2, 0) is 17.8 Å². The van der Waals surface area contributed by atoms with Gasteiger partial charge in [-0.25, -0.2) is 0 Å². The van der Waals surface area contributed by atoms with Crippen LogP contribution in [0.3, 0.4) is 0 Å². The molecule has 1 aromatic carbocycles. The van der Waals surface area contributed by atoms with Crippen LogP contribution in [0, 0.1) is 13.8 Å². The van der Waals surface area contributed by atoms with Crippen LogP contribution in [0.4, 0.5) is 0 Å². The Hall–Kier alpha value is -2.25. The van der Waals surface area contributed by atoms with Crippen molar-refractivity contribution in [3.05, 3.63) is 46.0 Å². The number of nitrogens with zero attached hydrogens (tertiary/aromatic N) is 4. The summed E-state index contributed by atoms with van der Waals surface area (Å²) in [6.07, 6.45) is 1.63. The maximum atomic E-state index is 12.6. The highest BCUT2D eigenvalue weighted by Crippen LogP contribution is 2.22. The molecule has 132 valence electrons. The lowest BCUT2D eigenvalue weighted by Crippen LogP contribution is -2.20. The number of methoxy groups -OCH3 is 1. The van der Waals surface area contributed by atoms with Crippen molar-refractivity contribution in [2.45, 2.75) is 33.9 Å². The Balaban J connectivity index is 2.15. The molecule has 0 unspecified atom stereocenters. The van der Waals surface area contributed by atoms with Crippen LogP contribution in [0.25, 0.3) is 10.2 Å². The average molecular weight is 358 g/mol. The molecular formula is C18H22N4O2S. The van der Waals surface area contributed by atoms with Crippen molar-refractivity contribution in [3.63, 3.8) is 0 Å². The quantitative estimate of drug-likeness (QED) is 0.704. The lowest BCUT2D eigenvalue weighted by molar-refractivity contribution is 0.0987. The van der Waals surface area contributed by atoms with E-state index in [1.807, 2.05) is 6.92 Å². The number of carbonyl (C=O) groups excluding carboxylic acids is 1. The Morgan fingerprint density at radius 1 is 1.32 bits per heavy atom. The predicted octanol–water partition coefficient (Wildman–Crippen LogP) is 2.92. The molecule has 1 amide bonds. The molecule has 0 saturated heterocycles. The summed E-state index contributed by atoms with van der Waals surface area (Å²) < 4.78 is 10.1. The van der Waals surface area contributed by atoms with Gasteiger partial charge in [-0.2, -0.15) is 10.1 Å². The molecule has 25 heavy (non-hydrogen) atoms. The number of benzene rings is 1. The minimum absolute atomic E-state index is 0.273. The van der Waals surface area contributed by atoms with Gasteiger partial charge < -0.3 is 9.30 Å². The fraction of sp³-hybridized carbons (Fsp3) is 0.389. The van der Waals surface area contributed by atoms with Gasteiger partial charge in [-0.15, -0.1) is 0 Å². The van der Waals surface area contributed by atoms with E-state index < -0.39 is 0 Å². The van der Waals surface area contributed by atoms with E-state index >= 15 is 0 Å². The number of aryl methyl sites for hydroxylation is 3. The van der Waals surface area contributed by atoms with Crippen LogP contribution >= 0.6 is 11.3 Å². The molecule has 0 fully saturated rings. The third-order valence-corrected chi connectivity index (χ3v) is 5.29. The minimum atomic E-state index is -0.273. The standard InChI is InChI=1S/C18H22N4O2S/c1-5-22-14(6-7-19-22)17(23)20-18-21(8-9-24-4)15-10-12(2)13(3)11-16(15)25-18/h6-7,10-11H,5,8-9H2,1-4H3. The van der Waals surface area contributed by atoms with Crippen LogP contribution < -0.4 is 4.80 Å². The van der Waals surface area contributed by atoms with Gasteiger partial charge in [0.1, 0.15) is 5.69 Å². The first-order chi connectivity index (χ1) is 12.0. The van der Waals surface area contributed by atoms with Crippen LogP contribution in [0.15, 0.2) is 29.4 Å². The van der Waals surface area contributed by atoms with E-state index in [0.29, 0.717) is 30.2 Å². The van der Waals surface area contributed by atoms with Gasteiger partial charge in [0.25, 0.3) is 5.91 Å². The van der Waals surface area contributed by atoms with Gasteiger partial charge in [-0.1, -0.05) is 11.3 Å². The molecule has 7 heteroatoms. The SMILES string of the molecule is CCn1nccc1C(=O)N=c1sc2cc(C)c(C)cc2n1CCOC. The van der Waals surface area contributed by atoms with Crippen LogP contribution in [-0.4, -0.2) is 34.0 Å². The maximum Gasteiger partial charge on any atom is 0.297 e. The number of hydrogen-bond donors (Lipinski definition) is 0. The van der Waals surface area contributed by atoms with Gasteiger partial charge in [0.2, 0.25) is 0 Å². The van der Waals surface area contributed by atoms with Crippen LogP contribution in [0.2, 0.25) is 0 Å². The molecule has 3 rings (SSSR count). The van der Waals surface area contributed by atoms with E-state index in [-0.39, 0.29) is 5.91 Å². The summed E-state index contributed by atoms with van der Waals surface area (Å²) in [5.41, 5.74) is 4.04. The van der Waals surface area contributed by atoms with Crippen LogP contribution in [0.5, 0.6) is 0 Å². The van der Waals surface area contributed by atoms with Crippen molar-refractivity contribution in [2.75, 3.05) is 13.7 Å². The van der Waals surface area contributed by atoms with E-state index in [1.165, 1.54) is 22.5 Å². The van der Waals surface area contributed by atoms with E-state index in [4.69, 9.17) is 4.74 Å². The van der Waals surface area contributed by atoms with Crippen LogP contribution in [0.1, 0.15) is 28.5 Å². The zero-order valence-corrected chi connectivity index (χ0v) is 15.8. The lowest BCUT2D eigenvalue weighted by atomic mass is 10.1. The summed E-state index contributed by atoms with van der Waals surface area (Å²) in [6, 6.07) is 6.01. The molecule has 6 nitrogen and oxygen atoms in total. The van der Waals surface area contributed by atoms with Crippen molar-refractivity contribution < 1.29 is 9.53 Å². The monoisotopic (exact) mass is 358 g/mol. The second-order valence-corrected chi connectivity index (χ2v) is 6.89. The molecule has 0 bridgehead atoms. The first-order valence-corrected chi connectivity index (χ1v) is 9.07. The smallest absolute Gasteiger partial charge is 0.297 e. The van der Waals surface area contributed by atoms with Gasteiger partial charge in [0, 0.05) is 26.4 Å². The van der Waals surface area contributed by atoms with E-state index in [0.717, 1.165) is 10.2 Å². The largest absolute Gasteiger partial charge is 0.383 e. The molecule has 2 aromatic heterocycles. The fourth-order valence-electron chi connectivity index (χ4n) is 2.72. The van der Waals surface area contributed by atoms with Gasteiger partial charge in [-0.3, -0.25) is 9.48 Å². The number of rotatable bonds is 5. The summed E-state index contributed by atoms with van der Waals surface area (Å²) in [5.74, 6) is -0.273. The lowest BCUT2D eigenvalue weighted by Gasteiger charge is -2.06. The van der Waals surface area contributed by atoms with E-state index in [9.17, 15) is 4.79 Å². The second-order valence-electron chi connectivity index (χ2n) is 5.88. The van der Waals surface area contributed by atoms with Gasteiger partial charge in [0.05, 0.1) is 16.8 Å². The molecule has 0 atom stereocenters. The normalized spacial score (nSPS) is 12.2. The van der Waals surface area contributed by atoms with Crippen molar-refractivity contribution in [2.24, 2.45) is 4.99 Å². The number of hydrogen-bond acceptors (Lipinski definition) is 4. The molecule has 0 aliphatic heterocycles. The topological polar surface area (TPSA) is 61.4 Å². The highest BCUT2D eigenvalue weighted by atomic mass is 32.1. The summed E-state index contributed by atoms with van der Waals surface area (Å²) >= 11 is 1.53. The second kappa shape index (κ2) is 7.33. The molecular weight excluding hydrogens is 336 g/mol. The molecule has 0 radical (unpaired) electrons. The van der Waals surface area contributed by atoms with Gasteiger partial charge in [-0.05, 0) is 50.1 Å². The zero-order chi connectivity index (χ0) is 18.0. The Morgan fingerprint density at radius 3 is 2.80 bits per heavy atom. The number of aromatic nitrogens is 3. The third-order valence-electron chi connectivity index (χ3n) is 4.25. The predicted molar refractivity (Wildman–Crippen MR) is 99.0 cm³/mol. The number of amides is 1. The Morgan fingerprint density at radius 2 is 2.08 bits per heavy atom. The number of ether oxygens (including phenoxy) is 1. The molecule has 0 saturated carbocycles. The summed E-state index contributed by atoms with van der Waals surface area (Å²) in [6.45, 7) is 7.99. The molecule has 3 aromatic rings. The fourth-order valence-corrected chi connectivity index (χ4v) is 3.85. The minimum Gasteiger partial charge on any atom is -0.383 e. The van der Waals surface area contributed by atoms with Gasteiger partial charge in [0.15, 0.2) is 4.80 Å². The number of fused-ring (bicyclic) bond motifs is 1. The Labute approximate surface area is 150 Å². The van der Waals surface area contributed by atoms with Crippen molar-refractivity contribution in [3.8, 4) is 0 Å². The summed E-state index contributed by atoms with van der Waals surface area (Å²) in [4.78, 5) is 17.7. The highest BCUT2D eigenvalue weighted by molar-refractivity contribution is 7.16. The molecule has 0 N–H and O–H groups in total. The number of thiazole rings is 1. The highest BCUT2D eigenvalue weighted by Gasteiger charge is 2.13. The average Bonchev–Trinajstić information content (AvgIpc) is 3.18. The van der Waals surface area contributed by atoms with E-state index in [2.05, 4.69) is 40.6 Å². The molecule has 2 heterocycles. The van der Waals surface area contributed by atoms with Crippen molar-refractivity contribution in [1.29, 1.82) is 0 Å². The maximum absolute atomic E-state index is 12.6. The first kappa shape index (κ1) is 17.6. The zero-order valence-electron chi connectivity index (χ0n) is 14.9. The Bertz CT molecular complexity index is 981. The van der Waals surface area contributed by atoms with Crippen molar-refractivity contribution in [1.82, 2.24) is 14.3 Å². The molecule has 0 aliphatic rings.